The number of hydrogen-bond donors (Lipinski definition) is 1. The van der Waals surface area contributed by atoms with Gasteiger partial charge in [-0.25, -0.2) is 4.39 Å². The second kappa shape index (κ2) is 5.90. The van der Waals surface area contributed by atoms with Crippen molar-refractivity contribution in [3.8, 4) is 0 Å². The Hall–Kier alpha value is -0.800. The average Bonchev–Trinajstić information content (AvgIpc) is 2.37. The molecule has 1 aromatic carbocycles. The Labute approximate surface area is 126 Å². The zero-order chi connectivity index (χ0) is 14.9. The number of nitrogens with zero attached hydrogens (tertiary/aromatic N) is 1. The summed E-state index contributed by atoms with van der Waals surface area (Å²) < 4.78 is 14.2. The molecule has 1 fully saturated rings. The minimum atomic E-state index is -0.231. The Morgan fingerprint density at radius 2 is 2.10 bits per heavy atom. The number of rotatable bonds is 2. The van der Waals surface area contributed by atoms with E-state index >= 15 is 0 Å². The van der Waals surface area contributed by atoms with Crippen LogP contribution in [0.3, 0.4) is 0 Å². The van der Waals surface area contributed by atoms with Crippen LogP contribution in [0.5, 0.6) is 0 Å². The molecule has 1 aliphatic heterocycles. The minimum Gasteiger partial charge on any atom is -0.363 e. The Morgan fingerprint density at radius 3 is 2.65 bits per heavy atom. The highest BCUT2D eigenvalue weighted by molar-refractivity contribution is 6.30. The summed E-state index contributed by atoms with van der Waals surface area (Å²) in [6.45, 7) is 10.5. The van der Waals surface area contributed by atoms with Gasteiger partial charge in [0.25, 0.3) is 0 Å². The van der Waals surface area contributed by atoms with Gasteiger partial charge >= 0.3 is 0 Å². The quantitative estimate of drug-likeness (QED) is 0.885. The van der Waals surface area contributed by atoms with Gasteiger partial charge in [-0.15, -0.1) is 0 Å². The highest BCUT2D eigenvalue weighted by Crippen LogP contribution is 2.30. The topological polar surface area (TPSA) is 15.3 Å². The predicted molar refractivity (Wildman–Crippen MR) is 84.1 cm³/mol. The molecule has 2 nitrogen and oxygen atoms in total. The third-order valence-electron chi connectivity index (χ3n) is 4.16. The lowest BCUT2D eigenvalue weighted by Gasteiger charge is -2.46. The van der Waals surface area contributed by atoms with Crippen LogP contribution >= 0.6 is 11.6 Å². The number of piperazine rings is 1. The number of nitrogens with one attached hydrogen (secondary N) is 1. The summed E-state index contributed by atoms with van der Waals surface area (Å²) >= 11 is 5.86. The van der Waals surface area contributed by atoms with E-state index in [4.69, 9.17) is 11.6 Å². The molecule has 0 aliphatic carbocycles. The number of halogens is 2. The van der Waals surface area contributed by atoms with Crippen LogP contribution in [0.25, 0.3) is 0 Å². The van der Waals surface area contributed by atoms with Gasteiger partial charge in [-0.3, -0.25) is 0 Å². The van der Waals surface area contributed by atoms with Crippen LogP contribution in [-0.2, 0) is 0 Å². The molecule has 1 saturated heterocycles. The molecule has 2 atom stereocenters. The molecule has 4 heteroatoms. The van der Waals surface area contributed by atoms with Crippen molar-refractivity contribution in [3.63, 3.8) is 0 Å². The second-order valence-electron chi connectivity index (χ2n) is 6.64. The number of anilines is 1. The van der Waals surface area contributed by atoms with Crippen molar-refractivity contribution >= 4 is 17.3 Å². The Balaban J connectivity index is 2.29. The van der Waals surface area contributed by atoms with E-state index in [0.717, 1.165) is 19.5 Å². The van der Waals surface area contributed by atoms with Crippen LogP contribution in [0.15, 0.2) is 18.2 Å². The van der Waals surface area contributed by atoms with Crippen LogP contribution in [0.2, 0.25) is 5.02 Å². The molecule has 2 unspecified atom stereocenters. The molecule has 1 heterocycles. The zero-order valence-electron chi connectivity index (χ0n) is 12.7. The van der Waals surface area contributed by atoms with E-state index in [1.165, 1.54) is 6.07 Å². The molecule has 1 N–H and O–H groups in total. The zero-order valence-corrected chi connectivity index (χ0v) is 13.5. The van der Waals surface area contributed by atoms with Crippen molar-refractivity contribution in [3.05, 3.63) is 29.0 Å². The highest BCUT2D eigenvalue weighted by Gasteiger charge is 2.34. The van der Waals surface area contributed by atoms with E-state index in [1.807, 2.05) is 0 Å². The fourth-order valence-corrected chi connectivity index (χ4v) is 2.91. The van der Waals surface area contributed by atoms with Crippen molar-refractivity contribution in [1.29, 1.82) is 0 Å². The maximum atomic E-state index is 14.2. The first-order valence-corrected chi connectivity index (χ1v) is 7.65. The van der Waals surface area contributed by atoms with Gasteiger partial charge in [0.05, 0.1) is 5.69 Å². The third kappa shape index (κ3) is 3.26. The average molecular weight is 299 g/mol. The van der Waals surface area contributed by atoms with Crippen LogP contribution in [0, 0.1) is 11.2 Å². The smallest absolute Gasteiger partial charge is 0.147 e. The summed E-state index contributed by atoms with van der Waals surface area (Å²) in [5.41, 5.74) is 0.817. The summed E-state index contributed by atoms with van der Waals surface area (Å²) in [4.78, 5) is 2.19. The van der Waals surface area contributed by atoms with Gasteiger partial charge < -0.3 is 10.2 Å². The van der Waals surface area contributed by atoms with Gasteiger partial charge in [0.2, 0.25) is 0 Å². The summed E-state index contributed by atoms with van der Waals surface area (Å²) in [6.07, 6.45) is 0.992. The molecule has 0 spiro atoms. The maximum absolute atomic E-state index is 14.2. The fourth-order valence-electron chi connectivity index (χ4n) is 2.75. The minimum absolute atomic E-state index is 0.153. The van der Waals surface area contributed by atoms with Crippen molar-refractivity contribution in [2.45, 2.75) is 46.2 Å². The molecule has 0 aromatic heterocycles. The standard InChI is InChI=1S/C16H24ClFN2/c1-5-12-9-19-15(16(2,3)4)10-20(12)14-7-6-11(17)8-13(14)18/h6-8,12,15,19H,5,9-10H2,1-4H3. The largest absolute Gasteiger partial charge is 0.363 e. The van der Waals surface area contributed by atoms with E-state index < -0.39 is 0 Å². The van der Waals surface area contributed by atoms with Crippen LogP contribution in [0.1, 0.15) is 34.1 Å². The molecule has 0 bridgehead atoms. The maximum Gasteiger partial charge on any atom is 0.147 e. The summed E-state index contributed by atoms with van der Waals surface area (Å²) in [6, 6.07) is 5.63. The van der Waals surface area contributed by atoms with E-state index in [1.54, 1.807) is 12.1 Å². The van der Waals surface area contributed by atoms with Crippen molar-refractivity contribution < 1.29 is 4.39 Å². The first-order chi connectivity index (χ1) is 9.32. The van der Waals surface area contributed by atoms with Crippen molar-refractivity contribution in [2.24, 2.45) is 5.41 Å². The van der Waals surface area contributed by atoms with Gasteiger partial charge in [-0.2, -0.15) is 0 Å². The first kappa shape index (κ1) is 15.6. The molecular weight excluding hydrogens is 275 g/mol. The SMILES string of the molecule is CCC1CNC(C(C)(C)C)CN1c1ccc(Cl)cc1F. The van der Waals surface area contributed by atoms with Gasteiger partial charge in [-0.1, -0.05) is 39.3 Å². The molecular formula is C16H24ClFN2. The van der Waals surface area contributed by atoms with E-state index in [9.17, 15) is 4.39 Å². The van der Waals surface area contributed by atoms with Crippen molar-refractivity contribution in [2.75, 3.05) is 18.0 Å². The molecule has 112 valence electrons. The normalized spacial score (nSPS) is 24.0. The van der Waals surface area contributed by atoms with E-state index in [-0.39, 0.29) is 11.2 Å². The Morgan fingerprint density at radius 1 is 1.40 bits per heavy atom. The summed E-state index contributed by atoms with van der Waals surface area (Å²) in [5.74, 6) is -0.231. The fraction of sp³-hybridized carbons (Fsp3) is 0.625. The molecule has 1 aromatic rings. The second-order valence-corrected chi connectivity index (χ2v) is 7.07. The summed E-state index contributed by atoms with van der Waals surface area (Å²) in [5, 5.41) is 4.05. The monoisotopic (exact) mass is 298 g/mol. The van der Waals surface area contributed by atoms with Crippen LogP contribution in [-0.4, -0.2) is 25.2 Å². The molecule has 2 rings (SSSR count). The van der Waals surface area contributed by atoms with Crippen LogP contribution in [0.4, 0.5) is 10.1 Å². The first-order valence-electron chi connectivity index (χ1n) is 7.28. The molecule has 1 aliphatic rings. The lowest BCUT2D eigenvalue weighted by Crippen LogP contribution is -2.60. The summed E-state index contributed by atoms with van der Waals surface area (Å²) in [7, 11) is 0. The van der Waals surface area contributed by atoms with Crippen LogP contribution < -0.4 is 10.2 Å². The van der Waals surface area contributed by atoms with Gasteiger partial charge in [0, 0.05) is 30.2 Å². The van der Waals surface area contributed by atoms with Gasteiger partial charge in [-0.05, 0) is 30.0 Å². The Bertz CT molecular complexity index is 470. The number of hydrogen-bond acceptors (Lipinski definition) is 2. The lowest BCUT2D eigenvalue weighted by molar-refractivity contribution is 0.233. The van der Waals surface area contributed by atoms with E-state index in [2.05, 4.69) is 37.9 Å². The number of benzene rings is 1. The van der Waals surface area contributed by atoms with Gasteiger partial charge in [0.15, 0.2) is 0 Å². The van der Waals surface area contributed by atoms with E-state index in [0.29, 0.717) is 22.8 Å². The highest BCUT2D eigenvalue weighted by atomic mass is 35.5. The molecule has 0 saturated carbocycles. The third-order valence-corrected chi connectivity index (χ3v) is 4.39. The molecule has 0 radical (unpaired) electrons. The molecule has 0 amide bonds. The Kier molecular flexibility index (Phi) is 4.60. The predicted octanol–water partition coefficient (Wildman–Crippen LogP) is 4.08. The lowest BCUT2D eigenvalue weighted by atomic mass is 9.84. The van der Waals surface area contributed by atoms with Gasteiger partial charge in [0.1, 0.15) is 5.82 Å². The van der Waals surface area contributed by atoms with Crippen molar-refractivity contribution in [1.82, 2.24) is 5.32 Å². The molecule has 20 heavy (non-hydrogen) atoms.